The Morgan fingerprint density at radius 2 is 1.48 bits per heavy atom. The smallest absolute Gasteiger partial charge is 0.335 e. The number of sulfonamides is 2. The second-order valence-electron chi connectivity index (χ2n) is 4.68. The van der Waals surface area contributed by atoms with E-state index < -0.39 is 35.9 Å². The minimum absolute atomic E-state index is 0.195. The van der Waals surface area contributed by atoms with E-state index >= 15 is 0 Å². The van der Waals surface area contributed by atoms with Crippen LogP contribution in [-0.4, -0.2) is 52.0 Å². The highest BCUT2D eigenvalue weighted by Crippen LogP contribution is 2.19. The minimum atomic E-state index is -4.58. The van der Waals surface area contributed by atoms with E-state index in [0.717, 1.165) is 12.1 Å². The first-order chi connectivity index (χ1) is 12.6. The molecule has 0 aliphatic carbocycles. The van der Waals surface area contributed by atoms with E-state index in [1.165, 1.54) is 26.4 Å². The van der Waals surface area contributed by atoms with Crippen LogP contribution in [0.1, 0.15) is 0 Å². The third-order valence-corrected chi connectivity index (χ3v) is 5.34. The number of rotatable bonds is 6. The molecule has 0 aliphatic rings. The van der Waals surface area contributed by atoms with Gasteiger partial charge < -0.3 is 9.47 Å². The number of benzene rings is 1. The van der Waals surface area contributed by atoms with E-state index in [1.54, 1.807) is 4.72 Å². The molecule has 1 aromatic heterocycles. The molecule has 0 unspecified atom stereocenters. The Balaban J connectivity index is 2.29. The van der Waals surface area contributed by atoms with E-state index in [9.17, 15) is 21.6 Å². The summed E-state index contributed by atoms with van der Waals surface area (Å²) in [5.41, 5.74) is 0. The van der Waals surface area contributed by atoms with Gasteiger partial charge in [0, 0.05) is 0 Å². The zero-order valence-electron chi connectivity index (χ0n) is 13.9. The van der Waals surface area contributed by atoms with Gasteiger partial charge >= 0.3 is 18.1 Å². The topological polar surface area (TPSA) is 193 Å². The number of carbonyl (C=O) groups is 1. The van der Waals surface area contributed by atoms with Crippen molar-refractivity contribution in [1.29, 1.82) is 0 Å². The van der Waals surface area contributed by atoms with Crippen molar-refractivity contribution in [2.45, 2.75) is 9.79 Å². The number of ether oxygens (including phenoxy) is 2. The fourth-order valence-electron chi connectivity index (χ4n) is 1.79. The zero-order chi connectivity index (χ0) is 20.2. The van der Waals surface area contributed by atoms with Crippen LogP contribution < -0.4 is 24.7 Å². The van der Waals surface area contributed by atoms with Gasteiger partial charge in [0.25, 0.3) is 10.0 Å². The first-order valence-corrected chi connectivity index (χ1v) is 9.89. The number of aromatic nitrogens is 3. The van der Waals surface area contributed by atoms with Crippen LogP contribution in [0.15, 0.2) is 34.1 Å². The molecule has 0 fully saturated rings. The number of amides is 2. The Morgan fingerprint density at radius 1 is 0.963 bits per heavy atom. The molecule has 0 saturated carbocycles. The number of nitrogens with two attached hydrogens (primary N) is 1. The SMILES string of the molecule is COc1nc(NC(=O)NS(=O)(=O)c2ccccc2S(N)(=O)=O)nc(OC)n1. The Hall–Kier alpha value is -3.04. The van der Waals surface area contributed by atoms with Crippen molar-refractivity contribution in [2.24, 2.45) is 5.14 Å². The maximum Gasteiger partial charge on any atom is 0.335 e. The highest BCUT2D eigenvalue weighted by atomic mass is 32.2. The molecule has 2 amide bonds. The van der Waals surface area contributed by atoms with Gasteiger partial charge in [-0.15, -0.1) is 4.98 Å². The van der Waals surface area contributed by atoms with Gasteiger partial charge in [-0.25, -0.2) is 31.5 Å². The van der Waals surface area contributed by atoms with Crippen molar-refractivity contribution in [3.8, 4) is 12.0 Å². The van der Waals surface area contributed by atoms with Gasteiger partial charge in [-0.2, -0.15) is 9.97 Å². The summed E-state index contributed by atoms with van der Waals surface area (Å²) >= 11 is 0. The van der Waals surface area contributed by atoms with Crippen molar-refractivity contribution in [1.82, 2.24) is 19.7 Å². The molecule has 2 aromatic rings. The molecule has 146 valence electrons. The predicted molar refractivity (Wildman–Crippen MR) is 90.1 cm³/mol. The van der Waals surface area contributed by atoms with E-state index in [4.69, 9.17) is 14.6 Å². The highest BCUT2D eigenvalue weighted by molar-refractivity contribution is 7.92. The first-order valence-electron chi connectivity index (χ1n) is 6.86. The Labute approximate surface area is 154 Å². The lowest BCUT2D eigenvalue weighted by atomic mass is 10.4. The number of nitrogens with zero attached hydrogens (tertiary/aromatic N) is 3. The zero-order valence-corrected chi connectivity index (χ0v) is 15.5. The number of hydrogen-bond acceptors (Lipinski definition) is 10. The molecular weight excluding hydrogens is 404 g/mol. The summed E-state index contributed by atoms with van der Waals surface area (Å²) in [7, 11) is -6.41. The summed E-state index contributed by atoms with van der Waals surface area (Å²) in [6.07, 6.45) is 0. The van der Waals surface area contributed by atoms with Crippen molar-refractivity contribution < 1.29 is 31.1 Å². The number of hydrogen-bond donors (Lipinski definition) is 3. The van der Waals surface area contributed by atoms with E-state index in [2.05, 4.69) is 15.0 Å². The maximum absolute atomic E-state index is 12.4. The molecule has 0 spiro atoms. The quantitative estimate of drug-likeness (QED) is 0.526. The second kappa shape index (κ2) is 7.68. The van der Waals surface area contributed by atoms with Crippen LogP contribution in [0.5, 0.6) is 12.0 Å². The molecular formula is C12H14N6O7S2. The average molecular weight is 418 g/mol. The lowest BCUT2D eigenvalue weighted by Crippen LogP contribution is -2.36. The third kappa shape index (κ3) is 4.99. The van der Waals surface area contributed by atoms with Crippen LogP contribution >= 0.6 is 0 Å². The summed E-state index contributed by atoms with van der Waals surface area (Å²) in [6, 6.07) is 2.85. The average Bonchev–Trinajstić information content (AvgIpc) is 2.60. The molecule has 0 bridgehead atoms. The number of carbonyl (C=O) groups excluding carboxylic acids is 1. The van der Waals surface area contributed by atoms with E-state index in [-0.39, 0.29) is 18.0 Å². The Morgan fingerprint density at radius 3 is 1.96 bits per heavy atom. The number of anilines is 1. The molecule has 0 saturated heterocycles. The molecule has 15 heteroatoms. The van der Waals surface area contributed by atoms with Gasteiger partial charge in [0.1, 0.15) is 9.79 Å². The van der Waals surface area contributed by atoms with Gasteiger partial charge in [-0.05, 0) is 12.1 Å². The number of methoxy groups -OCH3 is 2. The highest BCUT2D eigenvalue weighted by Gasteiger charge is 2.26. The Bertz CT molecular complexity index is 1050. The molecule has 0 aliphatic heterocycles. The largest absolute Gasteiger partial charge is 0.467 e. The number of urea groups is 1. The van der Waals surface area contributed by atoms with Crippen molar-refractivity contribution in [2.75, 3.05) is 19.5 Å². The second-order valence-corrected chi connectivity index (χ2v) is 7.86. The van der Waals surface area contributed by atoms with E-state index in [0.29, 0.717) is 0 Å². The third-order valence-electron chi connectivity index (χ3n) is 2.86. The predicted octanol–water partition coefficient (Wildman–Crippen LogP) is -0.953. The van der Waals surface area contributed by atoms with Gasteiger partial charge in [-0.1, -0.05) is 12.1 Å². The first kappa shape index (κ1) is 20.3. The summed E-state index contributed by atoms with van der Waals surface area (Å²) in [6.45, 7) is 0. The Kier molecular flexibility index (Phi) is 5.77. The normalized spacial score (nSPS) is 11.5. The molecule has 1 aromatic carbocycles. The lowest BCUT2D eigenvalue weighted by Gasteiger charge is -2.11. The molecule has 1 heterocycles. The number of nitrogens with one attached hydrogen (secondary N) is 2. The van der Waals surface area contributed by atoms with Crippen LogP contribution in [-0.2, 0) is 20.0 Å². The van der Waals surface area contributed by atoms with Gasteiger partial charge in [-0.3, -0.25) is 5.32 Å². The fourth-order valence-corrected chi connectivity index (χ4v) is 4.08. The molecule has 0 atom stereocenters. The van der Waals surface area contributed by atoms with Crippen molar-refractivity contribution in [3.63, 3.8) is 0 Å². The van der Waals surface area contributed by atoms with Gasteiger partial charge in [0.2, 0.25) is 16.0 Å². The van der Waals surface area contributed by atoms with Crippen molar-refractivity contribution >= 4 is 32.0 Å². The van der Waals surface area contributed by atoms with Crippen LogP contribution in [0.25, 0.3) is 0 Å². The fraction of sp³-hybridized carbons (Fsp3) is 0.167. The van der Waals surface area contributed by atoms with Crippen LogP contribution in [0.2, 0.25) is 0 Å². The molecule has 13 nitrogen and oxygen atoms in total. The monoisotopic (exact) mass is 418 g/mol. The maximum atomic E-state index is 12.4. The minimum Gasteiger partial charge on any atom is -0.467 e. The lowest BCUT2D eigenvalue weighted by molar-refractivity contribution is 0.256. The van der Waals surface area contributed by atoms with E-state index in [1.807, 2.05) is 5.32 Å². The van der Waals surface area contributed by atoms with Crippen LogP contribution in [0, 0.1) is 0 Å². The van der Waals surface area contributed by atoms with Crippen LogP contribution in [0.4, 0.5) is 10.7 Å². The summed E-state index contributed by atoms with van der Waals surface area (Å²) in [4.78, 5) is 21.7. The molecule has 4 N–H and O–H groups in total. The summed E-state index contributed by atoms with van der Waals surface area (Å²) < 4.78 is 59.0. The number of primary sulfonamides is 1. The standard InChI is InChI=1S/C12H14N6O7S2/c1-24-11-15-9(16-12(17-11)25-2)14-10(19)18-27(22,23)8-6-4-3-5-7(8)26(13,20)21/h3-6H,1-2H3,(H2,13,20,21)(H2,14,15,16,17,18,19). The van der Waals surface area contributed by atoms with Gasteiger partial charge in [0.15, 0.2) is 0 Å². The van der Waals surface area contributed by atoms with Crippen molar-refractivity contribution in [3.05, 3.63) is 24.3 Å². The summed E-state index contributed by atoms with van der Waals surface area (Å²) in [5.74, 6) is -0.369. The van der Waals surface area contributed by atoms with Crippen LogP contribution in [0.3, 0.4) is 0 Å². The molecule has 2 rings (SSSR count). The molecule has 27 heavy (non-hydrogen) atoms. The molecule has 0 radical (unpaired) electrons. The van der Waals surface area contributed by atoms with Gasteiger partial charge in [0.05, 0.1) is 14.2 Å². The summed E-state index contributed by atoms with van der Waals surface area (Å²) in [5, 5.41) is 7.04.